The zero-order chi connectivity index (χ0) is 32.9. The van der Waals surface area contributed by atoms with Crippen molar-refractivity contribution in [3.05, 3.63) is 51.6 Å². The first-order chi connectivity index (χ1) is 20.3. The maximum Gasteiger partial charge on any atom is 0.207 e. The van der Waals surface area contributed by atoms with E-state index in [0.29, 0.717) is 44.1 Å². The number of hydrogen-bond acceptors (Lipinski definition) is 9. The molecule has 240 valence electrons. The summed E-state index contributed by atoms with van der Waals surface area (Å²) in [6.07, 6.45) is 6.19. The Morgan fingerprint density at radius 1 is 1.02 bits per heavy atom. The van der Waals surface area contributed by atoms with Crippen molar-refractivity contribution < 1.29 is 45.0 Å². The Hall–Kier alpha value is -3.24. The van der Waals surface area contributed by atoms with Gasteiger partial charge in [0.25, 0.3) is 0 Å². The van der Waals surface area contributed by atoms with Gasteiger partial charge in [-0.2, -0.15) is 0 Å². The molecule has 0 aromatic heterocycles. The van der Waals surface area contributed by atoms with Crippen molar-refractivity contribution >= 4 is 22.3 Å². The minimum atomic E-state index is -2.53. The standard InChI is InChI=1S/C35H46O9/c1-18(11-12-23(37)34(7)15-14-24(44-34)33(5,6)42)9-8-10-19(2)13-16-35(43)31(40)26-22(36)17-20(3)25-27(26)28(32(35)41)30(39)21(4)29(25)38/h9,13,17,23-24,36-39,42-43H,8,10-12,14-16H2,1-7H3/b18-9+,19-13+. The molecule has 1 fully saturated rings. The van der Waals surface area contributed by atoms with E-state index in [4.69, 9.17) is 4.74 Å². The summed E-state index contributed by atoms with van der Waals surface area (Å²) < 4.78 is 6.05. The van der Waals surface area contributed by atoms with E-state index in [1.807, 2.05) is 20.8 Å². The molecule has 9 nitrogen and oxygen atoms in total. The Morgan fingerprint density at radius 2 is 1.64 bits per heavy atom. The first-order valence-corrected chi connectivity index (χ1v) is 15.3. The van der Waals surface area contributed by atoms with E-state index in [1.54, 1.807) is 26.8 Å². The molecule has 0 saturated carbocycles. The number of aliphatic hydroxyl groups excluding tert-OH is 1. The molecule has 2 aliphatic rings. The van der Waals surface area contributed by atoms with Gasteiger partial charge >= 0.3 is 0 Å². The fourth-order valence-electron chi connectivity index (χ4n) is 6.46. The number of benzene rings is 2. The first-order valence-electron chi connectivity index (χ1n) is 15.3. The first kappa shape index (κ1) is 33.6. The zero-order valence-corrected chi connectivity index (χ0v) is 26.7. The van der Waals surface area contributed by atoms with Crippen LogP contribution in [0.1, 0.15) is 111 Å². The summed E-state index contributed by atoms with van der Waals surface area (Å²) in [6.45, 7) is 12.2. The molecule has 1 aliphatic heterocycles. The van der Waals surface area contributed by atoms with Crippen molar-refractivity contribution in [2.45, 2.75) is 122 Å². The van der Waals surface area contributed by atoms with E-state index >= 15 is 0 Å². The molecule has 0 bridgehead atoms. The average Bonchev–Trinajstić information content (AvgIpc) is 3.36. The van der Waals surface area contributed by atoms with E-state index in [2.05, 4.69) is 6.08 Å². The second-order valence-electron chi connectivity index (χ2n) is 13.6. The van der Waals surface area contributed by atoms with E-state index in [-0.39, 0.29) is 45.7 Å². The fraction of sp³-hybridized carbons (Fsp3) is 0.543. The number of ether oxygens (including phenoxy) is 1. The van der Waals surface area contributed by atoms with Crippen molar-refractivity contribution in [3.63, 3.8) is 0 Å². The number of phenols is 3. The van der Waals surface area contributed by atoms with E-state index in [0.717, 1.165) is 11.1 Å². The molecule has 1 aliphatic carbocycles. The second-order valence-corrected chi connectivity index (χ2v) is 13.6. The van der Waals surface area contributed by atoms with Crippen molar-refractivity contribution in [2.24, 2.45) is 0 Å². The zero-order valence-electron chi connectivity index (χ0n) is 26.7. The molecule has 0 radical (unpaired) electrons. The normalized spacial score (nSPS) is 25.3. The third-order valence-corrected chi connectivity index (χ3v) is 9.54. The summed E-state index contributed by atoms with van der Waals surface area (Å²) in [5.74, 6) is -3.22. The molecule has 4 atom stereocenters. The lowest BCUT2D eigenvalue weighted by Gasteiger charge is -2.33. The van der Waals surface area contributed by atoms with Gasteiger partial charge in [-0.05, 0) is 98.6 Å². The van der Waals surface area contributed by atoms with Crippen LogP contribution in [0.4, 0.5) is 0 Å². The lowest BCUT2D eigenvalue weighted by atomic mass is 9.73. The number of carbonyl (C=O) groups excluding carboxylic acids is 2. The molecule has 1 heterocycles. The molecular weight excluding hydrogens is 564 g/mol. The maximum absolute atomic E-state index is 13.6. The van der Waals surface area contributed by atoms with E-state index < -0.39 is 46.0 Å². The number of aliphatic hydroxyl groups is 3. The van der Waals surface area contributed by atoms with Crippen LogP contribution in [-0.4, -0.2) is 71.2 Å². The van der Waals surface area contributed by atoms with Gasteiger partial charge in [-0.25, -0.2) is 0 Å². The minimum absolute atomic E-state index is 0.0434. The molecule has 4 rings (SSSR count). The summed E-state index contributed by atoms with van der Waals surface area (Å²) in [7, 11) is 0. The van der Waals surface area contributed by atoms with Crippen LogP contribution >= 0.6 is 0 Å². The smallest absolute Gasteiger partial charge is 0.207 e. The van der Waals surface area contributed by atoms with Crippen molar-refractivity contribution in [3.8, 4) is 17.2 Å². The highest BCUT2D eigenvalue weighted by atomic mass is 16.5. The molecule has 2 aromatic carbocycles. The number of Topliss-reactive ketones (excluding diaryl/α,β-unsaturated/α-hetero) is 2. The quantitative estimate of drug-likeness (QED) is 0.148. The van der Waals surface area contributed by atoms with Crippen molar-refractivity contribution in [2.75, 3.05) is 0 Å². The minimum Gasteiger partial charge on any atom is -0.507 e. The highest BCUT2D eigenvalue weighted by molar-refractivity contribution is 6.36. The molecule has 9 heteroatoms. The summed E-state index contributed by atoms with van der Waals surface area (Å²) in [6, 6.07) is 1.30. The van der Waals surface area contributed by atoms with Crippen molar-refractivity contribution in [1.82, 2.24) is 0 Å². The molecular formula is C35H46O9. The highest BCUT2D eigenvalue weighted by Crippen LogP contribution is 2.49. The number of phenolic OH excluding ortho intramolecular Hbond substituents is 3. The summed E-state index contributed by atoms with van der Waals surface area (Å²) in [5.41, 5.74) is -2.38. The van der Waals surface area contributed by atoms with Gasteiger partial charge in [-0.15, -0.1) is 0 Å². The SMILES string of the molecule is C/C(=C\CC1(O)C(=O)c2c(O)cc(C)c3c(O)c(C)c(O)c(c23)C1=O)CC/C=C(\C)CCC(O)C1(C)CCC(C(C)(C)O)O1. The number of aryl methyl sites for hydroxylation is 1. The Kier molecular flexibility index (Phi) is 9.12. The summed E-state index contributed by atoms with van der Waals surface area (Å²) >= 11 is 0. The van der Waals surface area contributed by atoms with Crippen LogP contribution in [0, 0.1) is 13.8 Å². The van der Waals surface area contributed by atoms with Crippen LogP contribution in [0.5, 0.6) is 17.2 Å². The Morgan fingerprint density at radius 3 is 2.25 bits per heavy atom. The molecule has 2 aromatic rings. The third-order valence-electron chi connectivity index (χ3n) is 9.54. The molecule has 6 N–H and O–H groups in total. The van der Waals surface area contributed by atoms with Crippen LogP contribution < -0.4 is 0 Å². The largest absolute Gasteiger partial charge is 0.507 e. The van der Waals surface area contributed by atoms with Crippen LogP contribution in [-0.2, 0) is 4.74 Å². The van der Waals surface area contributed by atoms with Gasteiger partial charge in [-0.1, -0.05) is 23.3 Å². The lowest BCUT2D eigenvalue weighted by Crippen LogP contribution is -2.49. The summed E-state index contributed by atoms with van der Waals surface area (Å²) in [5, 5.41) is 64.8. The number of aromatic hydroxyl groups is 3. The summed E-state index contributed by atoms with van der Waals surface area (Å²) in [4.78, 5) is 27.1. The highest BCUT2D eigenvalue weighted by Gasteiger charge is 2.51. The van der Waals surface area contributed by atoms with Gasteiger partial charge in [0.1, 0.15) is 17.2 Å². The second kappa shape index (κ2) is 11.9. The van der Waals surface area contributed by atoms with E-state index in [9.17, 15) is 40.2 Å². The average molecular weight is 611 g/mol. The predicted octanol–water partition coefficient (Wildman–Crippen LogP) is 5.60. The third kappa shape index (κ3) is 5.90. The number of rotatable bonds is 10. The number of allylic oxidation sites excluding steroid dienone is 3. The van der Waals surface area contributed by atoms with Crippen LogP contribution in [0.25, 0.3) is 10.8 Å². The van der Waals surface area contributed by atoms with Gasteiger partial charge in [0.15, 0.2) is 5.60 Å². The van der Waals surface area contributed by atoms with Crippen molar-refractivity contribution in [1.29, 1.82) is 0 Å². The van der Waals surface area contributed by atoms with Gasteiger partial charge in [0.05, 0.1) is 34.5 Å². The van der Waals surface area contributed by atoms with Crippen LogP contribution in [0.15, 0.2) is 29.4 Å². The van der Waals surface area contributed by atoms with Gasteiger partial charge < -0.3 is 35.4 Å². The topological polar surface area (TPSA) is 165 Å². The van der Waals surface area contributed by atoms with Gasteiger partial charge in [0, 0.05) is 22.8 Å². The monoisotopic (exact) mass is 610 g/mol. The molecule has 1 saturated heterocycles. The molecule has 4 unspecified atom stereocenters. The fourth-order valence-corrected chi connectivity index (χ4v) is 6.46. The van der Waals surface area contributed by atoms with Gasteiger partial charge in [-0.3, -0.25) is 9.59 Å². The van der Waals surface area contributed by atoms with Gasteiger partial charge in [0.2, 0.25) is 11.6 Å². The molecule has 0 spiro atoms. The number of carbonyl (C=O) groups is 2. The van der Waals surface area contributed by atoms with Crippen LogP contribution in [0.2, 0.25) is 0 Å². The number of hydrogen-bond donors (Lipinski definition) is 6. The Bertz CT molecular complexity index is 1560. The number of ketones is 2. The Labute approximate surface area is 258 Å². The Balaban J connectivity index is 1.42. The molecule has 0 amide bonds. The predicted molar refractivity (Wildman–Crippen MR) is 167 cm³/mol. The lowest BCUT2D eigenvalue weighted by molar-refractivity contribution is -0.153. The van der Waals surface area contributed by atoms with E-state index in [1.165, 1.54) is 13.0 Å². The van der Waals surface area contributed by atoms with Crippen LogP contribution in [0.3, 0.4) is 0 Å². The molecule has 44 heavy (non-hydrogen) atoms. The maximum atomic E-state index is 13.6.